The minimum absolute atomic E-state index is 0.00687. The van der Waals surface area contributed by atoms with Gasteiger partial charge < -0.3 is 11.1 Å². The van der Waals surface area contributed by atoms with Crippen LogP contribution in [0.1, 0.15) is 56.6 Å². The van der Waals surface area contributed by atoms with Gasteiger partial charge in [-0.25, -0.2) is 4.39 Å². The van der Waals surface area contributed by atoms with Crippen molar-refractivity contribution < 1.29 is 9.18 Å². The molecule has 3 atom stereocenters. The van der Waals surface area contributed by atoms with E-state index in [4.69, 9.17) is 5.73 Å². The Hall–Kier alpha value is -1.42. The Morgan fingerprint density at radius 1 is 1.14 bits per heavy atom. The summed E-state index contributed by atoms with van der Waals surface area (Å²) in [5.41, 5.74) is 6.94. The van der Waals surface area contributed by atoms with E-state index >= 15 is 0 Å². The minimum Gasteiger partial charge on any atom is -0.349 e. The molecule has 0 aromatic heterocycles. The largest absolute Gasteiger partial charge is 0.349 e. The maximum Gasteiger partial charge on any atom is 0.223 e. The lowest BCUT2D eigenvalue weighted by Crippen LogP contribution is -2.36. The van der Waals surface area contributed by atoms with Gasteiger partial charge in [-0.3, -0.25) is 4.79 Å². The van der Waals surface area contributed by atoms with Gasteiger partial charge in [-0.05, 0) is 55.7 Å². The van der Waals surface area contributed by atoms with Crippen LogP contribution in [0.2, 0.25) is 0 Å². The maximum absolute atomic E-state index is 13.2. The third kappa shape index (κ3) is 3.49. The Bertz CT molecular complexity index is 510. The highest BCUT2D eigenvalue weighted by molar-refractivity contribution is 5.79. The highest BCUT2D eigenvalue weighted by Gasteiger charge is 2.32. The summed E-state index contributed by atoms with van der Waals surface area (Å²) in [6, 6.07) is 6.74. The van der Waals surface area contributed by atoms with Crippen molar-refractivity contribution >= 4 is 5.91 Å². The van der Waals surface area contributed by atoms with E-state index in [0.29, 0.717) is 5.92 Å². The first-order valence-corrected chi connectivity index (χ1v) is 8.45. The summed E-state index contributed by atoms with van der Waals surface area (Å²) in [5, 5.41) is 3.24. The van der Waals surface area contributed by atoms with Crippen LogP contribution in [0.3, 0.4) is 0 Å². The van der Waals surface area contributed by atoms with Crippen LogP contribution in [0.15, 0.2) is 24.3 Å². The summed E-state index contributed by atoms with van der Waals surface area (Å²) in [5.74, 6) is 0.389. The van der Waals surface area contributed by atoms with Gasteiger partial charge in [0.15, 0.2) is 0 Å². The lowest BCUT2D eigenvalue weighted by atomic mass is 9.91. The summed E-state index contributed by atoms with van der Waals surface area (Å²) < 4.78 is 13.2. The number of benzene rings is 1. The van der Waals surface area contributed by atoms with Crippen LogP contribution in [0.25, 0.3) is 0 Å². The number of carbonyl (C=O) groups excluding carboxylic acids is 1. The Kier molecular flexibility index (Phi) is 4.77. The molecule has 0 spiro atoms. The highest BCUT2D eigenvalue weighted by atomic mass is 19.1. The molecule has 0 aliphatic heterocycles. The molecule has 2 fully saturated rings. The fourth-order valence-electron chi connectivity index (χ4n) is 3.96. The van der Waals surface area contributed by atoms with Gasteiger partial charge in [0.1, 0.15) is 5.82 Å². The number of amides is 1. The second-order valence-corrected chi connectivity index (χ2v) is 6.85. The normalized spacial score (nSPS) is 27.0. The first-order chi connectivity index (χ1) is 10.6. The van der Waals surface area contributed by atoms with E-state index in [1.165, 1.54) is 25.0 Å². The molecule has 120 valence electrons. The number of halogens is 1. The van der Waals surface area contributed by atoms with Crippen LogP contribution >= 0.6 is 0 Å². The molecule has 3 rings (SSSR count). The van der Waals surface area contributed by atoms with Crippen molar-refractivity contribution in [2.24, 2.45) is 17.6 Å². The zero-order valence-corrected chi connectivity index (χ0v) is 12.9. The molecular weight excluding hydrogens is 279 g/mol. The van der Waals surface area contributed by atoms with Gasteiger partial charge in [0.25, 0.3) is 0 Å². The molecule has 0 bridgehead atoms. The van der Waals surface area contributed by atoms with Gasteiger partial charge in [-0.15, -0.1) is 0 Å². The highest BCUT2D eigenvalue weighted by Crippen LogP contribution is 2.36. The van der Waals surface area contributed by atoms with Crippen molar-refractivity contribution in [2.75, 3.05) is 0 Å². The zero-order chi connectivity index (χ0) is 15.5. The van der Waals surface area contributed by atoms with Crippen LogP contribution in [-0.2, 0) is 4.79 Å². The molecule has 3 N–H and O–H groups in total. The van der Waals surface area contributed by atoms with Gasteiger partial charge in [0.2, 0.25) is 5.91 Å². The topological polar surface area (TPSA) is 55.1 Å². The van der Waals surface area contributed by atoms with Gasteiger partial charge in [0, 0.05) is 12.0 Å². The fourth-order valence-corrected chi connectivity index (χ4v) is 3.96. The van der Waals surface area contributed by atoms with Crippen LogP contribution in [-0.4, -0.2) is 11.9 Å². The number of carbonyl (C=O) groups is 1. The standard InChI is InChI=1S/C18H25FN2O/c19-15-8-5-13(6-9-15)17(12-3-1-2-4-12)21-18(22)14-7-10-16(20)11-14/h5-6,8-9,12,14,16-17H,1-4,7,10-11,20H2,(H,21,22). The van der Waals surface area contributed by atoms with Crippen LogP contribution in [0.5, 0.6) is 0 Å². The van der Waals surface area contributed by atoms with Gasteiger partial charge in [-0.1, -0.05) is 25.0 Å². The molecule has 0 heterocycles. The second kappa shape index (κ2) is 6.78. The molecule has 22 heavy (non-hydrogen) atoms. The van der Waals surface area contributed by atoms with Crippen molar-refractivity contribution in [1.29, 1.82) is 0 Å². The summed E-state index contributed by atoms with van der Waals surface area (Å²) in [4.78, 5) is 12.6. The van der Waals surface area contributed by atoms with Crippen LogP contribution in [0, 0.1) is 17.7 Å². The number of hydrogen-bond acceptors (Lipinski definition) is 2. The molecule has 3 nitrogen and oxygen atoms in total. The maximum atomic E-state index is 13.2. The first-order valence-electron chi connectivity index (χ1n) is 8.45. The molecule has 0 radical (unpaired) electrons. The molecule has 0 saturated heterocycles. The van der Waals surface area contributed by atoms with Crippen LogP contribution in [0.4, 0.5) is 4.39 Å². The molecule has 2 aliphatic rings. The smallest absolute Gasteiger partial charge is 0.223 e. The van der Waals surface area contributed by atoms with Crippen molar-refractivity contribution in [1.82, 2.24) is 5.32 Å². The summed E-state index contributed by atoms with van der Waals surface area (Å²) in [6.07, 6.45) is 7.29. The van der Waals surface area contributed by atoms with E-state index in [0.717, 1.165) is 37.7 Å². The summed E-state index contributed by atoms with van der Waals surface area (Å²) >= 11 is 0. The van der Waals surface area contributed by atoms with E-state index in [1.54, 1.807) is 12.1 Å². The monoisotopic (exact) mass is 304 g/mol. The van der Waals surface area contributed by atoms with Gasteiger partial charge in [-0.2, -0.15) is 0 Å². The molecule has 4 heteroatoms. The lowest BCUT2D eigenvalue weighted by molar-refractivity contribution is -0.126. The molecular formula is C18H25FN2O. The van der Waals surface area contributed by atoms with Crippen molar-refractivity contribution in [3.63, 3.8) is 0 Å². The first kappa shape index (κ1) is 15.5. The molecule has 2 saturated carbocycles. The van der Waals surface area contributed by atoms with Gasteiger partial charge in [0.05, 0.1) is 6.04 Å². The van der Waals surface area contributed by atoms with Crippen molar-refractivity contribution in [3.05, 3.63) is 35.6 Å². The third-order valence-corrected chi connectivity index (χ3v) is 5.24. The Morgan fingerprint density at radius 2 is 1.82 bits per heavy atom. The second-order valence-electron chi connectivity index (χ2n) is 6.85. The van der Waals surface area contributed by atoms with Crippen LogP contribution < -0.4 is 11.1 Å². The molecule has 3 unspecified atom stereocenters. The predicted octanol–water partition coefficient (Wildman–Crippen LogP) is 3.30. The molecule has 1 aromatic rings. The molecule has 1 amide bonds. The Morgan fingerprint density at radius 3 is 2.41 bits per heavy atom. The molecule has 2 aliphatic carbocycles. The summed E-state index contributed by atoms with van der Waals surface area (Å²) in [7, 11) is 0. The predicted molar refractivity (Wildman–Crippen MR) is 84.6 cm³/mol. The Balaban J connectivity index is 1.73. The average Bonchev–Trinajstić information content (AvgIpc) is 3.17. The number of nitrogens with one attached hydrogen (secondary N) is 1. The number of nitrogens with two attached hydrogens (primary N) is 1. The number of rotatable bonds is 4. The third-order valence-electron chi connectivity index (χ3n) is 5.24. The van der Waals surface area contributed by atoms with E-state index in [2.05, 4.69) is 5.32 Å². The quantitative estimate of drug-likeness (QED) is 0.896. The number of hydrogen-bond donors (Lipinski definition) is 2. The Labute approximate surface area is 131 Å². The fraction of sp³-hybridized carbons (Fsp3) is 0.611. The van der Waals surface area contributed by atoms with E-state index in [1.807, 2.05) is 0 Å². The van der Waals surface area contributed by atoms with Crippen molar-refractivity contribution in [2.45, 2.75) is 57.0 Å². The minimum atomic E-state index is -0.234. The lowest BCUT2D eigenvalue weighted by Gasteiger charge is -2.26. The SMILES string of the molecule is NC1CCC(C(=O)NC(c2ccc(F)cc2)C2CCCC2)C1. The summed E-state index contributed by atoms with van der Waals surface area (Å²) in [6.45, 7) is 0. The zero-order valence-electron chi connectivity index (χ0n) is 12.9. The van der Waals surface area contributed by atoms with E-state index in [-0.39, 0.29) is 29.7 Å². The van der Waals surface area contributed by atoms with Crippen molar-refractivity contribution in [3.8, 4) is 0 Å². The van der Waals surface area contributed by atoms with E-state index < -0.39 is 0 Å². The average molecular weight is 304 g/mol. The van der Waals surface area contributed by atoms with Gasteiger partial charge >= 0.3 is 0 Å². The van der Waals surface area contributed by atoms with E-state index in [9.17, 15) is 9.18 Å². The molecule has 1 aromatic carbocycles.